The number of nitrogens with one attached hydrogen (secondary N) is 1. The highest BCUT2D eigenvalue weighted by atomic mass is 32.1. The van der Waals surface area contributed by atoms with Crippen LogP contribution >= 0.6 is 11.3 Å². The highest BCUT2D eigenvalue weighted by Crippen LogP contribution is 2.41. The fraction of sp³-hybridized carbons (Fsp3) is 0.308. The average Bonchev–Trinajstić information content (AvgIpc) is 3.50. The molecule has 1 N–H and O–H groups in total. The number of likely N-dealkylation sites (tertiary alicyclic amines) is 1. The lowest BCUT2D eigenvalue weighted by Crippen LogP contribution is -2.54. The van der Waals surface area contributed by atoms with Gasteiger partial charge in [0, 0.05) is 42.2 Å². The van der Waals surface area contributed by atoms with Crippen molar-refractivity contribution in [1.82, 2.24) is 20.1 Å². The Morgan fingerprint density at radius 3 is 2.51 bits per heavy atom. The van der Waals surface area contributed by atoms with Crippen LogP contribution < -0.4 is 5.32 Å². The molecule has 5 rings (SSSR count). The van der Waals surface area contributed by atoms with Crippen LogP contribution in [-0.4, -0.2) is 52.3 Å². The zero-order valence-electron chi connectivity index (χ0n) is 19.0. The Morgan fingerprint density at radius 1 is 1.09 bits per heavy atom. The molecule has 0 saturated carbocycles. The van der Waals surface area contributed by atoms with E-state index in [0.29, 0.717) is 50.2 Å². The SMILES string of the molecule is O=C(c1ccc(F)cc1)N1CCC([C@@]2(c3ccccn3)NC(=O)N(CCc3cccs3)C2=O)CC1. The summed E-state index contributed by atoms with van der Waals surface area (Å²) in [5.41, 5.74) is -0.326. The topological polar surface area (TPSA) is 82.6 Å². The molecule has 4 heterocycles. The third-order valence-electron chi connectivity index (χ3n) is 6.85. The Morgan fingerprint density at radius 2 is 1.86 bits per heavy atom. The average molecular weight is 493 g/mol. The number of nitrogens with zero attached hydrogens (tertiary/aromatic N) is 3. The Labute approximate surface area is 206 Å². The van der Waals surface area contributed by atoms with Crippen LogP contribution in [0.1, 0.15) is 33.8 Å². The molecule has 0 bridgehead atoms. The molecule has 0 spiro atoms. The van der Waals surface area contributed by atoms with Gasteiger partial charge in [-0.25, -0.2) is 9.18 Å². The lowest BCUT2D eigenvalue weighted by atomic mass is 9.75. The van der Waals surface area contributed by atoms with Crippen LogP contribution in [0.25, 0.3) is 0 Å². The van der Waals surface area contributed by atoms with Crippen molar-refractivity contribution in [3.63, 3.8) is 0 Å². The van der Waals surface area contributed by atoms with E-state index in [9.17, 15) is 18.8 Å². The maximum absolute atomic E-state index is 13.9. The second-order valence-corrected chi connectivity index (χ2v) is 9.84. The predicted octanol–water partition coefficient (Wildman–Crippen LogP) is 3.82. The van der Waals surface area contributed by atoms with Gasteiger partial charge in [0.25, 0.3) is 11.8 Å². The summed E-state index contributed by atoms with van der Waals surface area (Å²) in [5, 5.41) is 4.97. The van der Waals surface area contributed by atoms with Crippen molar-refractivity contribution in [3.8, 4) is 0 Å². The normalized spacial score (nSPS) is 20.8. The summed E-state index contributed by atoms with van der Waals surface area (Å²) < 4.78 is 13.3. The number of imide groups is 1. The highest BCUT2D eigenvalue weighted by Gasteiger charge is 2.58. The van der Waals surface area contributed by atoms with Crippen molar-refractivity contribution in [2.45, 2.75) is 24.8 Å². The lowest BCUT2D eigenvalue weighted by molar-refractivity contribution is -0.134. The quantitative estimate of drug-likeness (QED) is 0.531. The number of pyridine rings is 1. The number of thiophene rings is 1. The zero-order chi connectivity index (χ0) is 24.4. The van der Waals surface area contributed by atoms with E-state index in [1.54, 1.807) is 34.6 Å². The number of carbonyl (C=O) groups excluding carboxylic acids is 3. The van der Waals surface area contributed by atoms with E-state index in [-0.39, 0.29) is 17.7 Å². The van der Waals surface area contributed by atoms with E-state index in [4.69, 9.17) is 0 Å². The molecule has 2 aromatic heterocycles. The summed E-state index contributed by atoms with van der Waals surface area (Å²) in [6.07, 6.45) is 3.26. The van der Waals surface area contributed by atoms with Gasteiger partial charge in [-0.3, -0.25) is 19.5 Å². The summed E-state index contributed by atoms with van der Waals surface area (Å²) in [6, 6.07) is 14.4. The molecule has 3 aromatic rings. The Bertz CT molecular complexity index is 1210. The molecule has 1 aromatic carbocycles. The number of amides is 4. The molecule has 0 radical (unpaired) electrons. The van der Waals surface area contributed by atoms with Gasteiger partial charge in [-0.1, -0.05) is 12.1 Å². The molecule has 9 heteroatoms. The van der Waals surface area contributed by atoms with Gasteiger partial charge in [-0.15, -0.1) is 11.3 Å². The van der Waals surface area contributed by atoms with Crippen LogP contribution in [0, 0.1) is 11.7 Å². The van der Waals surface area contributed by atoms with Crippen molar-refractivity contribution in [2.24, 2.45) is 5.92 Å². The van der Waals surface area contributed by atoms with Crippen LogP contribution in [0.3, 0.4) is 0 Å². The first-order valence-electron chi connectivity index (χ1n) is 11.6. The van der Waals surface area contributed by atoms with Gasteiger partial charge < -0.3 is 10.2 Å². The Balaban J connectivity index is 1.36. The van der Waals surface area contributed by atoms with Gasteiger partial charge in [-0.2, -0.15) is 0 Å². The van der Waals surface area contributed by atoms with Crippen LogP contribution in [-0.2, 0) is 16.8 Å². The number of urea groups is 1. The Hall–Kier alpha value is -3.59. The van der Waals surface area contributed by atoms with Crippen molar-refractivity contribution < 1.29 is 18.8 Å². The van der Waals surface area contributed by atoms with Gasteiger partial charge >= 0.3 is 6.03 Å². The number of rotatable bonds is 6. The molecule has 180 valence electrons. The molecule has 2 aliphatic heterocycles. The first-order valence-corrected chi connectivity index (χ1v) is 12.5. The fourth-order valence-corrected chi connectivity index (χ4v) is 5.72. The molecule has 2 saturated heterocycles. The number of carbonyl (C=O) groups is 3. The highest BCUT2D eigenvalue weighted by molar-refractivity contribution is 7.09. The number of benzene rings is 1. The number of hydrogen-bond donors (Lipinski definition) is 1. The standard InChI is InChI=1S/C26H25FN4O3S/c27-20-8-6-18(7-9-20)23(32)30-14-10-19(11-15-30)26(22-5-1-2-13-28-22)24(33)31(25(34)29-26)16-12-21-4-3-17-35-21/h1-9,13,17,19H,10-12,14-16H2,(H,29,34)/t26-/m0/s1. The minimum absolute atomic E-state index is 0.172. The van der Waals surface area contributed by atoms with Crippen LogP contribution in [0.5, 0.6) is 0 Å². The number of aromatic nitrogens is 1. The molecule has 0 aliphatic carbocycles. The molecular weight excluding hydrogens is 467 g/mol. The van der Waals surface area contributed by atoms with Crippen molar-refractivity contribution >= 4 is 29.2 Å². The Kier molecular flexibility index (Phi) is 6.34. The summed E-state index contributed by atoms with van der Waals surface area (Å²) >= 11 is 1.59. The zero-order valence-corrected chi connectivity index (χ0v) is 19.8. The van der Waals surface area contributed by atoms with Crippen molar-refractivity contribution in [2.75, 3.05) is 19.6 Å². The largest absolute Gasteiger partial charge is 0.339 e. The fourth-order valence-electron chi connectivity index (χ4n) is 5.02. The molecule has 35 heavy (non-hydrogen) atoms. The molecular formula is C26H25FN4O3S. The first kappa shape index (κ1) is 23.2. The maximum Gasteiger partial charge on any atom is 0.325 e. The summed E-state index contributed by atoms with van der Waals surface area (Å²) in [5.74, 6) is -1.08. The maximum atomic E-state index is 13.9. The smallest absolute Gasteiger partial charge is 0.325 e. The number of piperidine rings is 1. The molecule has 1 atom stereocenters. The van der Waals surface area contributed by atoms with E-state index in [1.807, 2.05) is 23.6 Å². The van der Waals surface area contributed by atoms with Crippen molar-refractivity contribution in [3.05, 3.63) is 88.1 Å². The third kappa shape index (κ3) is 4.32. The van der Waals surface area contributed by atoms with Crippen LogP contribution in [0.2, 0.25) is 0 Å². The van der Waals surface area contributed by atoms with Crippen molar-refractivity contribution in [1.29, 1.82) is 0 Å². The van der Waals surface area contributed by atoms with Gasteiger partial charge in [0.05, 0.1) is 5.69 Å². The molecule has 7 nitrogen and oxygen atoms in total. The summed E-state index contributed by atoms with van der Waals surface area (Å²) in [7, 11) is 0. The second-order valence-electron chi connectivity index (χ2n) is 8.81. The van der Waals surface area contributed by atoms with Crippen LogP contribution in [0.4, 0.5) is 9.18 Å². The van der Waals surface area contributed by atoms with E-state index >= 15 is 0 Å². The second kappa shape index (κ2) is 9.58. The van der Waals surface area contributed by atoms with E-state index in [2.05, 4.69) is 10.3 Å². The molecule has 0 unspecified atom stereocenters. The number of halogens is 1. The minimum Gasteiger partial charge on any atom is -0.339 e. The number of hydrogen-bond acceptors (Lipinski definition) is 5. The van der Waals surface area contributed by atoms with Gasteiger partial charge in [0.1, 0.15) is 5.82 Å². The minimum atomic E-state index is -1.27. The lowest BCUT2D eigenvalue weighted by Gasteiger charge is -2.40. The first-order chi connectivity index (χ1) is 17.0. The molecule has 2 aliphatic rings. The summed E-state index contributed by atoms with van der Waals surface area (Å²) in [4.78, 5) is 48.4. The van der Waals surface area contributed by atoms with Gasteiger partial charge in [-0.05, 0) is 67.1 Å². The van der Waals surface area contributed by atoms with E-state index < -0.39 is 17.4 Å². The van der Waals surface area contributed by atoms with Gasteiger partial charge in [0.15, 0.2) is 5.54 Å². The predicted molar refractivity (Wildman–Crippen MR) is 129 cm³/mol. The molecule has 2 fully saturated rings. The third-order valence-corrected chi connectivity index (χ3v) is 7.78. The summed E-state index contributed by atoms with van der Waals surface area (Å²) in [6.45, 7) is 1.14. The van der Waals surface area contributed by atoms with Crippen LogP contribution in [0.15, 0.2) is 66.2 Å². The van der Waals surface area contributed by atoms with E-state index in [1.165, 1.54) is 29.2 Å². The molecule has 4 amide bonds. The monoisotopic (exact) mass is 492 g/mol. The van der Waals surface area contributed by atoms with E-state index in [0.717, 1.165) is 4.88 Å². The van der Waals surface area contributed by atoms with Gasteiger partial charge in [0.2, 0.25) is 0 Å².